The number of hydrogen-bond donors (Lipinski definition) is 2. The molecule has 0 saturated heterocycles. The SMILES string of the molecule is COc1cccc(-c2cccc(-c3nc(C(=O)Nc4ccc(-c5ccccc5)cc4)cc4c3[C@@H](CCO)N([S@](=O)C(C)(C)C)C4)c2)c1. The maximum absolute atomic E-state index is 13.8. The topological polar surface area (TPSA) is 91.8 Å². The molecule has 0 bridgehead atoms. The van der Waals surface area contributed by atoms with E-state index in [0.717, 1.165) is 44.7 Å². The van der Waals surface area contributed by atoms with Crippen molar-refractivity contribution in [1.29, 1.82) is 0 Å². The molecule has 6 rings (SSSR count). The van der Waals surface area contributed by atoms with Crippen LogP contribution in [0, 0.1) is 0 Å². The van der Waals surface area contributed by atoms with Crippen LogP contribution < -0.4 is 10.1 Å². The van der Waals surface area contributed by atoms with E-state index in [9.17, 15) is 14.1 Å². The number of aliphatic hydroxyl groups is 1. The number of benzene rings is 4. The second-order valence-electron chi connectivity index (χ2n) is 12.6. The zero-order valence-electron chi connectivity index (χ0n) is 27.1. The van der Waals surface area contributed by atoms with Gasteiger partial charge in [-0.25, -0.2) is 13.5 Å². The second kappa shape index (κ2) is 13.6. The highest BCUT2D eigenvalue weighted by Gasteiger charge is 2.40. The molecule has 2 atom stereocenters. The number of methoxy groups -OCH3 is 1. The summed E-state index contributed by atoms with van der Waals surface area (Å²) in [5.74, 6) is 0.422. The molecule has 5 aromatic rings. The molecule has 0 saturated carbocycles. The number of nitrogens with one attached hydrogen (secondary N) is 1. The summed E-state index contributed by atoms with van der Waals surface area (Å²) in [7, 11) is 0.284. The van der Waals surface area contributed by atoms with E-state index in [4.69, 9.17) is 9.72 Å². The Hall–Kier alpha value is -4.63. The van der Waals surface area contributed by atoms with Crippen LogP contribution in [0.2, 0.25) is 0 Å². The van der Waals surface area contributed by atoms with E-state index in [1.165, 1.54) is 0 Å². The normalized spacial score (nSPS) is 15.2. The molecule has 2 heterocycles. The van der Waals surface area contributed by atoms with Gasteiger partial charge < -0.3 is 15.2 Å². The lowest BCUT2D eigenvalue weighted by atomic mass is 9.94. The van der Waals surface area contributed by atoms with Crippen molar-refractivity contribution in [2.75, 3.05) is 19.0 Å². The smallest absolute Gasteiger partial charge is 0.274 e. The number of amides is 1. The van der Waals surface area contributed by atoms with Crippen molar-refractivity contribution in [3.8, 4) is 39.3 Å². The highest BCUT2D eigenvalue weighted by Crippen LogP contribution is 2.44. The highest BCUT2D eigenvalue weighted by atomic mass is 32.2. The highest BCUT2D eigenvalue weighted by molar-refractivity contribution is 7.84. The molecule has 0 unspecified atom stereocenters. The van der Waals surface area contributed by atoms with Gasteiger partial charge in [0.1, 0.15) is 22.4 Å². The molecule has 1 aliphatic rings. The lowest BCUT2D eigenvalue weighted by Gasteiger charge is -2.30. The van der Waals surface area contributed by atoms with Crippen molar-refractivity contribution in [1.82, 2.24) is 9.29 Å². The molecule has 47 heavy (non-hydrogen) atoms. The molecular weight excluding hydrogens is 607 g/mol. The van der Waals surface area contributed by atoms with Gasteiger partial charge in [-0.15, -0.1) is 0 Å². The van der Waals surface area contributed by atoms with E-state index < -0.39 is 15.7 Å². The predicted octanol–water partition coefficient (Wildman–Crippen LogP) is 8.04. The molecule has 8 heteroatoms. The average molecular weight is 646 g/mol. The van der Waals surface area contributed by atoms with Gasteiger partial charge in [0.05, 0.1) is 23.6 Å². The summed E-state index contributed by atoms with van der Waals surface area (Å²) in [5, 5.41) is 13.2. The fourth-order valence-electron chi connectivity index (χ4n) is 6.03. The number of aromatic nitrogens is 1. The number of pyridine rings is 1. The predicted molar refractivity (Wildman–Crippen MR) is 189 cm³/mol. The molecule has 1 amide bonds. The molecule has 240 valence electrons. The Morgan fingerprint density at radius 2 is 1.51 bits per heavy atom. The number of aliphatic hydroxyl groups excluding tert-OH is 1. The number of carbonyl (C=O) groups is 1. The van der Waals surface area contributed by atoms with Crippen molar-refractivity contribution in [2.45, 2.75) is 44.5 Å². The fraction of sp³-hybridized carbons (Fsp3) is 0.231. The van der Waals surface area contributed by atoms with Gasteiger partial charge in [0, 0.05) is 30.0 Å². The number of fused-ring (bicyclic) bond motifs is 1. The fourth-order valence-corrected chi connectivity index (χ4v) is 7.43. The summed E-state index contributed by atoms with van der Waals surface area (Å²) in [4.78, 5) is 18.8. The minimum absolute atomic E-state index is 0.0769. The van der Waals surface area contributed by atoms with Crippen LogP contribution in [-0.2, 0) is 17.5 Å². The van der Waals surface area contributed by atoms with Crippen LogP contribution in [0.4, 0.5) is 5.69 Å². The van der Waals surface area contributed by atoms with Gasteiger partial charge in [-0.1, -0.05) is 72.8 Å². The van der Waals surface area contributed by atoms with Crippen molar-refractivity contribution < 1.29 is 18.8 Å². The minimum Gasteiger partial charge on any atom is -0.497 e. The van der Waals surface area contributed by atoms with Crippen LogP contribution in [-0.4, -0.2) is 43.0 Å². The summed E-state index contributed by atoms with van der Waals surface area (Å²) in [6.07, 6.45) is 0.387. The Morgan fingerprint density at radius 3 is 2.19 bits per heavy atom. The molecule has 4 aromatic carbocycles. The van der Waals surface area contributed by atoms with Crippen LogP contribution in [0.3, 0.4) is 0 Å². The molecule has 0 fully saturated rings. The molecule has 1 aliphatic heterocycles. The summed E-state index contributed by atoms with van der Waals surface area (Å²) in [6.45, 7) is 6.13. The van der Waals surface area contributed by atoms with Gasteiger partial charge in [0.15, 0.2) is 0 Å². The molecule has 0 aliphatic carbocycles. The number of carbonyl (C=O) groups excluding carboxylic acids is 1. The maximum atomic E-state index is 13.8. The van der Waals surface area contributed by atoms with Gasteiger partial charge in [0.2, 0.25) is 0 Å². The molecule has 7 nitrogen and oxygen atoms in total. The first-order chi connectivity index (χ1) is 22.7. The van der Waals surface area contributed by atoms with Gasteiger partial charge in [0.25, 0.3) is 5.91 Å². The summed E-state index contributed by atoms with van der Waals surface area (Å²) < 4.78 is 20.7. The number of ether oxygens (including phenoxy) is 1. The summed E-state index contributed by atoms with van der Waals surface area (Å²) >= 11 is 0. The first-order valence-electron chi connectivity index (χ1n) is 15.7. The van der Waals surface area contributed by atoms with E-state index >= 15 is 0 Å². The number of hydrogen-bond acceptors (Lipinski definition) is 5. The Labute approximate surface area is 278 Å². The Bertz CT molecular complexity index is 1920. The number of rotatable bonds is 9. The quantitative estimate of drug-likeness (QED) is 0.169. The third kappa shape index (κ3) is 6.90. The number of nitrogens with zero attached hydrogens (tertiary/aromatic N) is 2. The van der Waals surface area contributed by atoms with E-state index in [2.05, 4.69) is 11.4 Å². The van der Waals surface area contributed by atoms with Crippen LogP contribution >= 0.6 is 0 Å². The van der Waals surface area contributed by atoms with E-state index in [1.54, 1.807) is 7.11 Å². The van der Waals surface area contributed by atoms with Gasteiger partial charge in [-0.05, 0) is 91.4 Å². The summed E-state index contributed by atoms with van der Waals surface area (Å²) in [6, 6.07) is 35.2. The molecule has 0 spiro atoms. The van der Waals surface area contributed by atoms with E-state index in [0.29, 0.717) is 24.3 Å². The van der Waals surface area contributed by atoms with Gasteiger partial charge >= 0.3 is 0 Å². The Morgan fingerprint density at radius 1 is 0.872 bits per heavy atom. The zero-order chi connectivity index (χ0) is 33.1. The van der Waals surface area contributed by atoms with Gasteiger partial charge in [-0.2, -0.15) is 0 Å². The third-order valence-electron chi connectivity index (χ3n) is 8.31. The van der Waals surface area contributed by atoms with E-state index in [-0.39, 0.29) is 24.2 Å². The standard InChI is InChI=1S/C39H39N3O4S/c1-39(2,3)47(45)42-25-31-24-34(38(44)40-32-18-16-27(17-19-32)26-10-6-5-7-11-26)41-37(36(31)35(42)20-21-43)30-14-8-12-28(22-30)29-13-9-15-33(23-29)46-4/h5-19,22-24,35,43H,20-21,25H2,1-4H3,(H,40,44)/t35-,47-/m1/s1. The van der Waals surface area contributed by atoms with Gasteiger partial charge in [-0.3, -0.25) is 4.79 Å². The molecule has 2 N–H and O–H groups in total. The average Bonchev–Trinajstić information content (AvgIpc) is 3.46. The molecular formula is C39H39N3O4S. The largest absolute Gasteiger partial charge is 0.497 e. The summed E-state index contributed by atoms with van der Waals surface area (Å²) in [5.41, 5.74) is 8.27. The van der Waals surface area contributed by atoms with Crippen molar-refractivity contribution >= 4 is 22.6 Å². The van der Waals surface area contributed by atoms with Crippen molar-refractivity contribution in [3.63, 3.8) is 0 Å². The Balaban J connectivity index is 1.42. The lowest BCUT2D eigenvalue weighted by molar-refractivity contribution is 0.102. The lowest BCUT2D eigenvalue weighted by Crippen LogP contribution is -2.36. The van der Waals surface area contributed by atoms with E-state index in [1.807, 2.05) is 128 Å². The first-order valence-corrected chi connectivity index (χ1v) is 16.8. The first kappa shape index (κ1) is 32.3. The van der Waals surface area contributed by atoms with Crippen molar-refractivity contribution in [2.24, 2.45) is 0 Å². The van der Waals surface area contributed by atoms with Crippen LogP contribution in [0.1, 0.15) is 54.8 Å². The maximum Gasteiger partial charge on any atom is 0.274 e. The minimum atomic E-state index is -1.36. The monoisotopic (exact) mass is 645 g/mol. The van der Waals surface area contributed by atoms with Crippen LogP contribution in [0.25, 0.3) is 33.5 Å². The third-order valence-corrected chi connectivity index (χ3v) is 10.2. The molecule has 0 radical (unpaired) electrons. The number of anilines is 1. The van der Waals surface area contributed by atoms with Crippen LogP contribution in [0.15, 0.2) is 109 Å². The van der Waals surface area contributed by atoms with Crippen molar-refractivity contribution in [3.05, 3.63) is 126 Å². The second-order valence-corrected chi connectivity index (χ2v) is 14.8. The van der Waals surface area contributed by atoms with Crippen LogP contribution in [0.5, 0.6) is 5.75 Å². The Kier molecular flexibility index (Phi) is 9.36. The zero-order valence-corrected chi connectivity index (χ0v) is 27.9. The molecule has 1 aromatic heterocycles.